The zero-order chi connectivity index (χ0) is 12.5. The van der Waals surface area contributed by atoms with Gasteiger partial charge in [-0.1, -0.05) is 0 Å². The van der Waals surface area contributed by atoms with Crippen LogP contribution in [0.2, 0.25) is 0 Å². The second-order valence-electron chi connectivity index (χ2n) is 2.60. The first kappa shape index (κ1) is 43.0. The summed E-state index contributed by atoms with van der Waals surface area (Å²) in [6.07, 6.45) is 0. The molecule has 1 rings (SSSR count). The van der Waals surface area contributed by atoms with E-state index in [0.717, 1.165) is 0 Å². The molecule has 0 amide bonds. The summed E-state index contributed by atoms with van der Waals surface area (Å²) in [6, 6.07) is 0.894. The largest absolute Gasteiger partial charge is 2.00 e. The summed E-state index contributed by atoms with van der Waals surface area (Å²) in [5, 5.41) is 40.2. The second-order valence-corrected chi connectivity index (χ2v) is 2.60. The SMILES string of the molecule is O.O.O.O.O.O.O=[N+]([O-])c1cc([N+](=O)[O-])c(O)c([N+](=O)[O-])c1.[H-].[H-].[Sr+2]. The summed E-state index contributed by atoms with van der Waals surface area (Å²) >= 11 is 0. The molecule has 0 aliphatic carbocycles. The van der Waals surface area contributed by atoms with Gasteiger partial charge in [0.15, 0.2) is 0 Å². The van der Waals surface area contributed by atoms with Crippen molar-refractivity contribution < 1.29 is 55.6 Å². The number of phenols is 1. The van der Waals surface area contributed by atoms with Gasteiger partial charge in [-0.15, -0.1) is 0 Å². The molecule has 1 aromatic rings. The molecule has 0 aliphatic rings. The van der Waals surface area contributed by atoms with Crippen molar-refractivity contribution in [2.24, 2.45) is 0 Å². The van der Waals surface area contributed by atoms with E-state index in [4.69, 9.17) is 5.11 Å². The van der Waals surface area contributed by atoms with E-state index in [-0.39, 0.29) is 81.2 Å². The zero-order valence-corrected chi connectivity index (χ0v) is 14.6. The summed E-state index contributed by atoms with van der Waals surface area (Å²) in [5.41, 5.74) is -3.00. The summed E-state index contributed by atoms with van der Waals surface area (Å²) in [4.78, 5) is 27.8. The fourth-order valence-corrected chi connectivity index (χ4v) is 0.974. The van der Waals surface area contributed by atoms with Gasteiger partial charge in [0.1, 0.15) is 0 Å². The third-order valence-electron chi connectivity index (χ3n) is 1.66. The number of benzene rings is 1. The van der Waals surface area contributed by atoms with E-state index in [0.29, 0.717) is 12.1 Å². The minimum atomic E-state index is -1.21. The van der Waals surface area contributed by atoms with Crippen LogP contribution in [0.5, 0.6) is 5.75 Å². The molecule has 0 atom stereocenters. The number of phenolic OH excluding ortho intramolecular Hbond substituents is 1. The molecule has 0 aromatic heterocycles. The number of rotatable bonds is 3. The van der Waals surface area contributed by atoms with E-state index in [2.05, 4.69) is 0 Å². The first-order chi connectivity index (χ1) is 7.34. The van der Waals surface area contributed by atoms with E-state index in [1.807, 2.05) is 0 Å². The van der Waals surface area contributed by atoms with Crippen molar-refractivity contribution in [2.75, 3.05) is 0 Å². The molecule has 0 bridgehead atoms. The number of aromatic hydroxyl groups is 1. The van der Waals surface area contributed by atoms with Crippen molar-refractivity contribution in [1.82, 2.24) is 0 Å². The monoisotopic (exact) mass is 427 g/mol. The molecule has 0 saturated carbocycles. The van der Waals surface area contributed by atoms with Crippen LogP contribution in [0.25, 0.3) is 0 Å². The summed E-state index contributed by atoms with van der Waals surface area (Å²) < 4.78 is 0. The topological polar surface area (TPSA) is 339 Å². The molecule has 0 fully saturated rings. The van der Waals surface area contributed by atoms with E-state index >= 15 is 0 Å². The molecule has 13 N–H and O–H groups in total. The minimum absolute atomic E-state index is 0. The van der Waals surface area contributed by atoms with Gasteiger partial charge >= 0.3 is 56.9 Å². The van der Waals surface area contributed by atoms with E-state index < -0.39 is 37.6 Å². The molecule has 0 saturated heterocycles. The Morgan fingerprint density at radius 2 is 1.00 bits per heavy atom. The average Bonchev–Trinajstić information content (AvgIpc) is 2.16. The Morgan fingerprint density at radius 3 is 1.17 bits per heavy atom. The minimum Gasteiger partial charge on any atom is -1.00 e. The Labute approximate surface area is 165 Å². The van der Waals surface area contributed by atoms with Gasteiger partial charge in [-0.25, -0.2) is 0 Å². The number of nitro benzene ring substituents is 3. The van der Waals surface area contributed by atoms with Crippen molar-refractivity contribution in [3.05, 3.63) is 42.5 Å². The second kappa shape index (κ2) is 16.8. The van der Waals surface area contributed by atoms with Crippen molar-refractivity contribution in [3.8, 4) is 5.75 Å². The van der Waals surface area contributed by atoms with Crippen LogP contribution >= 0.6 is 0 Å². The molecule has 1 aromatic carbocycles. The Balaban J connectivity index is -0.0000000406. The third-order valence-corrected chi connectivity index (χ3v) is 1.66. The Morgan fingerprint density at radius 1 is 0.739 bits per heavy atom. The predicted octanol–water partition coefficient (Wildman–Crippen LogP) is -3.99. The summed E-state index contributed by atoms with van der Waals surface area (Å²) in [6.45, 7) is 0. The van der Waals surface area contributed by atoms with Gasteiger partial charge < -0.3 is 40.8 Å². The van der Waals surface area contributed by atoms with Crippen LogP contribution in [0.3, 0.4) is 0 Å². The number of nitro groups is 3. The molecule has 0 heterocycles. The van der Waals surface area contributed by atoms with Crippen molar-refractivity contribution in [2.45, 2.75) is 0 Å². The average molecular weight is 427 g/mol. The van der Waals surface area contributed by atoms with Crippen LogP contribution < -0.4 is 0 Å². The third kappa shape index (κ3) is 9.96. The molecule has 0 radical (unpaired) electrons. The standard InChI is InChI=1S/C6H3N3O7.6H2O.Sr.2H/c10-6-4(8(13)14)1-3(7(11)12)2-5(6)9(15)16;;;;;;;;;/h1-2,10H;6*1H2;;;/q;;;;;;;+2;2*-1. The molecular weight excluding hydrogens is 410 g/mol. The van der Waals surface area contributed by atoms with Crippen molar-refractivity contribution >= 4 is 62.5 Å². The fraction of sp³-hybridized carbons (Fsp3) is 0. The molecule has 0 aliphatic heterocycles. The molecule has 136 valence electrons. The van der Waals surface area contributed by atoms with Crippen LogP contribution in [0, 0.1) is 30.3 Å². The number of hydrogen-bond donors (Lipinski definition) is 1. The number of nitrogens with zero attached hydrogens (tertiary/aromatic N) is 3. The maximum Gasteiger partial charge on any atom is 2.00 e. The van der Waals surface area contributed by atoms with Gasteiger partial charge in [0.05, 0.1) is 26.9 Å². The van der Waals surface area contributed by atoms with Gasteiger partial charge in [0.2, 0.25) is 0 Å². The van der Waals surface area contributed by atoms with Gasteiger partial charge in [0.25, 0.3) is 11.4 Å². The molecule has 17 heteroatoms. The summed E-state index contributed by atoms with van der Waals surface area (Å²) in [7, 11) is 0. The van der Waals surface area contributed by atoms with E-state index in [1.165, 1.54) is 0 Å². The fourth-order valence-electron chi connectivity index (χ4n) is 0.974. The number of non-ortho nitro benzene ring substituents is 1. The van der Waals surface area contributed by atoms with Crippen LogP contribution in [-0.4, -0.2) is 98.2 Å². The van der Waals surface area contributed by atoms with Gasteiger partial charge in [-0.05, 0) is 0 Å². The Hall–Kier alpha value is -1.54. The summed E-state index contributed by atoms with van der Waals surface area (Å²) in [5.74, 6) is -1.21. The van der Waals surface area contributed by atoms with Crippen LogP contribution in [0.4, 0.5) is 17.1 Å². The molecular formula is C6H17N3O13Sr. The van der Waals surface area contributed by atoms with Crippen LogP contribution in [0.1, 0.15) is 2.85 Å². The first-order valence-electron chi connectivity index (χ1n) is 3.64. The van der Waals surface area contributed by atoms with Gasteiger partial charge in [0, 0.05) is 0 Å². The van der Waals surface area contributed by atoms with Gasteiger partial charge in [-0.2, -0.15) is 0 Å². The molecule has 23 heavy (non-hydrogen) atoms. The molecule has 0 unspecified atom stereocenters. The molecule has 0 spiro atoms. The molecule has 16 nitrogen and oxygen atoms in total. The van der Waals surface area contributed by atoms with E-state index in [1.54, 1.807) is 0 Å². The maximum atomic E-state index is 10.4. The first-order valence-corrected chi connectivity index (χ1v) is 3.64. The maximum absolute atomic E-state index is 10.4. The van der Waals surface area contributed by atoms with Crippen LogP contribution in [-0.2, 0) is 0 Å². The van der Waals surface area contributed by atoms with Crippen molar-refractivity contribution in [1.29, 1.82) is 0 Å². The van der Waals surface area contributed by atoms with Crippen molar-refractivity contribution in [3.63, 3.8) is 0 Å². The van der Waals surface area contributed by atoms with Gasteiger partial charge in [-0.3, -0.25) is 30.3 Å². The smallest absolute Gasteiger partial charge is 1.00 e. The zero-order valence-electron chi connectivity index (χ0n) is 13.1. The Kier molecular flexibility index (Phi) is 31.4. The predicted molar refractivity (Wildman–Crippen MR) is 77.7 cm³/mol. The van der Waals surface area contributed by atoms with E-state index in [9.17, 15) is 30.3 Å². The Bertz CT molecular complexity index is 484. The quantitative estimate of drug-likeness (QED) is 0.283. The number of hydrogen-bond acceptors (Lipinski definition) is 7. The van der Waals surface area contributed by atoms with Crippen LogP contribution in [0.15, 0.2) is 12.1 Å². The normalized spacial score (nSPS) is 6.78.